The molecule has 6 heteroatoms. The van der Waals surface area contributed by atoms with Gasteiger partial charge in [-0.15, -0.1) is 0 Å². The van der Waals surface area contributed by atoms with E-state index in [4.69, 9.17) is 10.5 Å². The monoisotopic (exact) mass is 240 g/mol. The van der Waals surface area contributed by atoms with Gasteiger partial charge in [-0.25, -0.2) is 0 Å². The molecular weight excluding hydrogens is 220 g/mol. The molecule has 6 nitrogen and oxygen atoms in total. The molecule has 1 fully saturated rings. The first-order valence-corrected chi connectivity index (χ1v) is 5.74. The number of aliphatic hydroxyl groups excluding tert-OH is 1. The van der Waals surface area contributed by atoms with Gasteiger partial charge in [0.2, 0.25) is 0 Å². The Bertz CT molecular complexity index is 402. The Labute approximate surface area is 101 Å². The van der Waals surface area contributed by atoms with Crippen LogP contribution in [0.4, 0.5) is 11.5 Å². The van der Waals surface area contributed by atoms with E-state index in [9.17, 15) is 5.11 Å². The van der Waals surface area contributed by atoms with E-state index in [0.29, 0.717) is 18.8 Å². The van der Waals surface area contributed by atoms with Crippen LogP contribution in [0, 0.1) is 0 Å². The predicted octanol–water partition coefficient (Wildman–Crippen LogP) is -0.0216. The highest BCUT2D eigenvalue weighted by Crippen LogP contribution is 2.28. The minimum Gasteiger partial charge on any atom is -0.394 e. The van der Waals surface area contributed by atoms with Crippen LogP contribution in [0.15, 0.2) is 6.20 Å². The molecule has 3 N–H and O–H groups in total. The van der Waals surface area contributed by atoms with E-state index in [2.05, 4.69) is 10.00 Å². The average Bonchev–Trinajstić information content (AvgIpc) is 2.55. The van der Waals surface area contributed by atoms with Crippen LogP contribution in [0.1, 0.15) is 13.8 Å². The van der Waals surface area contributed by atoms with Crippen LogP contribution in [-0.4, -0.2) is 46.3 Å². The Hall–Kier alpha value is -1.27. The number of nitrogens with two attached hydrogens (primary N) is 1. The smallest absolute Gasteiger partial charge is 0.174 e. The lowest BCUT2D eigenvalue weighted by Crippen LogP contribution is -2.54. The predicted molar refractivity (Wildman–Crippen MR) is 65.9 cm³/mol. The first kappa shape index (κ1) is 12.2. The first-order chi connectivity index (χ1) is 7.91. The molecule has 96 valence electrons. The van der Waals surface area contributed by atoms with Crippen molar-refractivity contribution in [2.75, 3.05) is 30.3 Å². The zero-order valence-corrected chi connectivity index (χ0v) is 10.6. The lowest BCUT2D eigenvalue weighted by molar-refractivity contribution is -0.101. The Morgan fingerprint density at radius 2 is 2.35 bits per heavy atom. The maximum Gasteiger partial charge on any atom is 0.174 e. The van der Waals surface area contributed by atoms with E-state index in [0.717, 1.165) is 5.82 Å². The van der Waals surface area contributed by atoms with Gasteiger partial charge in [0.15, 0.2) is 5.82 Å². The van der Waals surface area contributed by atoms with E-state index in [1.165, 1.54) is 0 Å². The van der Waals surface area contributed by atoms with E-state index < -0.39 is 0 Å². The molecule has 0 aliphatic carbocycles. The molecule has 0 aromatic carbocycles. The van der Waals surface area contributed by atoms with E-state index >= 15 is 0 Å². The van der Waals surface area contributed by atoms with Crippen LogP contribution in [0.5, 0.6) is 0 Å². The van der Waals surface area contributed by atoms with Gasteiger partial charge in [-0.3, -0.25) is 4.68 Å². The van der Waals surface area contributed by atoms with Gasteiger partial charge < -0.3 is 20.5 Å². The highest BCUT2D eigenvalue weighted by Gasteiger charge is 2.34. The van der Waals surface area contributed by atoms with Gasteiger partial charge in [0.1, 0.15) is 0 Å². The van der Waals surface area contributed by atoms with Crippen LogP contribution in [-0.2, 0) is 11.8 Å². The summed E-state index contributed by atoms with van der Waals surface area (Å²) in [6.07, 6.45) is 1.59. The van der Waals surface area contributed by atoms with Crippen molar-refractivity contribution in [3.63, 3.8) is 0 Å². The minimum absolute atomic E-state index is 0.00662. The molecule has 0 amide bonds. The Morgan fingerprint density at radius 1 is 1.65 bits per heavy atom. The summed E-state index contributed by atoms with van der Waals surface area (Å²) in [6, 6.07) is 0. The number of aliphatic hydroxyl groups is 1. The molecule has 1 aliphatic heterocycles. The van der Waals surface area contributed by atoms with Crippen molar-refractivity contribution in [2.45, 2.75) is 25.6 Å². The van der Waals surface area contributed by atoms with Crippen LogP contribution in [0.3, 0.4) is 0 Å². The highest BCUT2D eigenvalue weighted by atomic mass is 16.5. The summed E-state index contributed by atoms with van der Waals surface area (Å²) in [7, 11) is 1.84. The lowest BCUT2D eigenvalue weighted by Gasteiger charge is -2.42. The molecule has 0 spiro atoms. The molecule has 1 atom stereocenters. The fourth-order valence-electron chi connectivity index (χ4n) is 2.29. The third-order valence-corrected chi connectivity index (χ3v) is 2.82. The maximum atomic E-state index is 9.25. The topological polar surface area (TPSA) is 76.5 Å². The SMILES string of the molecule is Cn1cc(N)c(N2CC(CO)OC(C)(C)C2)n1. The van der Waals surface area contributed by atoms with Gasteiger partial charge in [-0.1, -0.05) is 0 Å². The molecule has 1 aromatic rings. The second-order valence-electron chi connectivity index (χ2n) is 5.14. The normalized spacial score (nSPS) is 24.0. The number of hydrogen-bond acceptors (Lipinski definition) is 5. The van der Waals surface area contributed by atoms with Crippen molar-refractivity contribution in [1.29, 1.82) is 0 Å². The molecule has 1 unspecified atom stereocenters. The van der Waals surface area contributed by atoms with Gasteiger partial charge in [-0.2, -0.15) is 5.10 Å². The summed E-state index contributed by atoms with van der Waals surface area (Å²) in [5.74, 6) is 0.766. The van der Waals surface area contributed by atoms with Crippen molar-refractivity contribution < 1.29 is 9.84 Å². The summed E-state index contributed by atoms with van der Waals surface area (Å²) < 4.78 is 7.45. The summed E-state index contributed by atoms with van der Waals surface area (Å²) in [6.45, 7) is 5.33. The molecule has 2 rings (SSSR count). The second-order valence-corrected chi connectivity index (χ2v) is 5.14. The fraction of sp³-hybridized carbons (Fsp3) is 0.727. The number of morpholine rings is 1. The summed E-state index contributed by atoms with van der Waals surface area (Å²) >= 11 is 0. The van der Waals surface area contributed by atoms with Crippen molar-refractivity contribution in [2.24, 2.45) is 7.05 Å². The largest absolute Gasteiger partial charge is 0.394 e. The van der Waals surface area contributed by atoms with Crippen molar-refractivity contribution in [1.82, 2.24) is 9.78 Å². The Kier molecular flexibility index (Phi) is 3.01. The number of nitrogen functional groups attached to an aromatic ring is 1. The molecule has 1 saturated heterocycles. The molecule has 0 saturated carbocycles. The van der Waals surface area contributed by atoms with Gasteiger partial charge >= 0.3 is 0 Å². The number of anilines is 2. The third-order valence-electron chi connectivity index (χ3n) is 2.82. The number of aryl methyl sites for hydroxylation is 1. The van der Waals surface area contributed by atoms with Crippen LogP contribution < -0.4 is 10.6 Å². The first-order valence-electron chi connectivity index (χ1n) is 5.74. The second kappa shape index (κ2) is 4.19. The van der Waals surface area contributed by atoms with Gasteiger partial charge in [0.25, 0.3) is 0 Å². The number of rotatable bonds is 2. The standard InChI is InChI=1S/C11H20N4O2/c1-11(2)7-15(4-8(6-16)17-11)10-9(12)5-14(3)13-10/h5,8,16H,4,6-7,12H2,1-3H3. The quantitative estimate of drug-likeness (QED) is 0.759. The number of ether oxygens (including phenoxy) is 1. The third kappa shape index (κ3) is 2.53. The summed E-state index contributed by atoms with van der Waals surface area (Å²) in [4.78, 5) is 2.07. The summed E-state index contributed by atoms with van der Waals surface area (Å²) in [5, 5.41) is 13.6. The molecule has 1 aromatic heterocycles. The fourth-order valence-corrected chi connectivity index (χ4v) is 2.29. The van der Waals surface area contributed by atoms with E-state index in [1.54, 1.807) is 10.9 Å². The van der Waals surface area contributed by atoms with Gasteiger partial charge in [0.05, 0.1) is 24.0 Å². The average molecular weight is 240 g/mol. The molecule has 0 bridgehead atoms. The van der Waals surface area contributed by atoms with Crippen LogP contribution >= 0.6 is 0 Å². The lowest BCUT2D eigenvalue weighted by atomic mass is 10.1. The minimum atomic E-state index is -0.310. The zero-order chi connectivity index (χ0) is 12.6. The number of hydrogen-bond donors (Lipinski definition) is 2. The van der Waals surface area contributed by atoms with Crippen LogP contribution in [0.25, 0.3) is 0 Å². The molecular formula is C11H20N4O2. The van der Waals surface area contributed by atoms with Gasteiger partial charge in [-0.05, 0) is 13.8 Å². The molecule has 2 heterocycles. The van der Waals surface area contributed by atoms with E-state index in [1.807, 2.05) is 20.9 Å². The van der Waals surface area contributed by atoms with Crippen molar-refractivity contribution in [3.05, 3.63) is 6.20 Å². The molecule has 0 radical (unpaired) electrons. The Morgan fingerprint density at radius 3 is 2.88 bits per heavy atom. The summed E-state index contributed by atoms with van der Waals surface area (Å²) in [5.41, 5.74) is 6.26. The van der Waals surface area contributed by atoms with Gasteiger partial charge in [0, 0.05) is 26.3 Å². The van der Waals surface area contributed by atoms with Crippen molar-refractivity contribution in [3.8, 4) is 0 Å². The maximum absolute atomic E-state index is 9.25. The number of nitrogens with zero attached hydrogens (tertiary/aromatic N) is 3. The highest BCUT2D eigenvalue weighted by molar-refractivity contribution is 5.62. The molecule has 17 heavy (non-hydrogen) atoms. The van der Waals surface area contributed by atoms with Crippen molar-refractivity contribution >= 4 is 11.5 Å². The van der Waals surface area contributed by atoms with Crippen LogP contribution in [0.2, 0.25) is 0 Å². The Balaban J connectivity index is 2.23. The molecule has 1 aliphatic rings. The zero-order valence-electron chi connectivity index (χ0n) is 10.6. The van der Waals surface area contributed by atoms with E-state index in [-0.39, 0.29) is 18.3 Å². The number of aromatic nitrogens is 2.